The molecule has 1 aromatic heterocycles. The molecular formula is C22H23N3O6. The van der Waals surface area contributed by atoms with Crippen molar-refractivity contribution >= 4 is 22.6 Å². The van der Waals surface area contributed by atoms with Crippen LogP contribution in [-0.2, 0) is 23.0 Å². The summed E-state index contributed by atoms with van der Waals surface area (Å²) in [7, 11) is 4.57. The number of fused-ring (bicyclic) bond motifs is 1. The summed E-state index contributed by atoms with van der Waals surface area (Å²) >= 11 is 0. The molecule has 0 radical (unpaired) electrons. The number of ether oxygens (including phenoxy) is 3. The van der Waals surface area contributed by atoms with Crippen LogP contribution in [0.4, 0.5) is 0 Å². The average molecular weight is 425 g/mol. The van der Waals surface area contributed by atoms with Gasteiger partial charge in [0.15, 0.2) is 23.8 Å². The highest BCUT2D eigenvalue weighted by molar-refractivity contribution is 6.02. The van der Waals surface area contributed by atoms with Gasteiger partial charge in [-0.3, -0.25) is 9.59 Å². The third kappa shape index (κ3) is 5.00. The van der Waals surface area contributed by atoms with Gasteiger partial charge in [0, 0.05) is 19.0 Å². The number of nitrogens with one attached hydrogen (secondary N) is 1. The SMILES string of the molecule is COc1ccc(CCNC(=O)COC(=O)c2nn(C)c(=O)c3ccccc23)cc1OC. The van der Waals surface area contributed by atoms with Crippen molar-refractivity contribution < 1.29 is 23.8 Å². The van der Waals surface area contributed by atoms with Crippen molar-refractivity contribution in [3.8, 4) is 11.5 Å². The Labute approximate surface area is 178 Å². The van der Waals surface area contributed by atoms with E-state index in [1.54, 1.807) is 44.6 Å². The van der Waals surface area contributed by atoms with E-state index in [2.05, 4.69) is 10.4 Å². The summed E-state index contributed by atoms with van der Waals surface area (Å²) < 4.78 is 16.6. The fraction of sp³-hybridized carbons (Fsp3) is 0.273. The minimum atomic E-state index is -0.776. The highest BCUT2D eigenvalue weighted by atomic mass is 16.5. The highest BCUT2D eigenvalue weighted by Crippen LogP contribution is 2.27. The van der Waals surface area contributed by atoms with Gasteiger partial charge in [0.1, 0.15) is 0 Å². The number of amides is 1. The lowest BCUT2D eigenvalue weighted by molar-refractivity contribution is -0.124. The van der Waals surface area contributed by atoms with Gasteiger partial charge in [-0.05, 0) is 30.2 Å². The van der Waals surface area contributed by atoms with Gasteiger partial charge >= 0.3 is 5.97 Å². The lowest BCUT2D eigenvalue weighted by atomic mass is 10.1. The molecule has 3 rings (SSSR count). The number of benzene rings is 2. The van der Waals surface area contributed by atoms with Crippen molar-refractivity contribution in [1.82, 2.24) is 15.1 Å². The van der Waals surface area contributed by atoms with Crippen LogP contribution in [0.5, 0.6) is 11.5 Å². The van der Waals surface area contributed by atoms with Crippen molar-refractivity contribution in [1.29, 1.82) is 0 Å². The van der Waals surface area contributed by atoms with Crippen molar-refractivity contribution in [2.45, 2.75) is 6.42 Å². The zero-order chi connectivity index (χ0) is 22.4. The molecule has 3 aromatic rings. The monoisotopic (exact) mass is 425 g/mol. The molecule has 0 saturated carbocycles. The average Bonchev–Trinajstić information content (AvgIpc) is 2.79. The van der Waals surface area contributed by atoms with Crippen molar-refractivity contribution in [3.63, 3.8) is 0 Å². The molecule has 0 fully saturated rings. The van der Waals surface area contributed by atoms with Crippen LogP contribution >= 0.6 is 0 Å². The van der Waals surface area contributed by atoms with Gasteiger partial charge in [0.05, 0.1) is 19.6 Å². The Morgan fingerprint density at radius 2 is 1.74 bits per heavy atom. The zero-order valence-corrected chi connectivity index (χ0v) is 17.5. The number of hydrogen-bond donors (Lipinski definition) is 1. The molecule has 0 atom stereocenters. The quantitative estimate of drug-likeness (QED) is 0.544. The molecule has 0 aliphatic heterocycles. The van der Waals surface area contributed by atoms with Crippen molar-refractivity contribution in [2.75, 3.05) is 27.4 Å². The molecule has 2 aromatic carbocycles. The lowest BCUT2D eigenvalue weighted by Gasteiger charge is -2.10. The lowest BCUT2D eigenvalue weighted by Crippen LogP contribution is -2.31. The zero-order valence-electron chi connectivity index (χ0n) is 17.5. The maximum atomic E-state index is 12.4. The number of hydrogen-bond acceptors (Lipinski definition) is 7. The van der Waals surface area contributed by atoms with Crippen LogP contribution in [-0.4, -0.2) is 49.0 Å². The molecule has 162 valence electrons. The Morgan fingerprint density at radius 1 is 1.03 bits per heavy atom. The number of carbonyl (C=O) groups excluding carboxylic acids is 2. The van der Waals surface area contributed by atoms with E-state index in [0.717, 1.165) is 10.2 Å². The molecule has 9 nitrogen and oxygen atoms in total. The van der Waals surface area contributed by atoms with E-state index in [9.17, 15) is 14.4 Å². The highest BCUT2D eigenvalue weighted by Gasteiger charge is 2.18. The molecule has 31 heavy (non-hydrogen) atoms. The molecule has 1 amide bonds. The number of nitrogens with zero attached hydrogens (tertiary/aromatic N) is 2. The first-order chi connectivity index (χ1) is 14.9. The van der Waals surface area contributed by atoms with Gasteiger partial charge in [-0.1, -0.05) is 24.3 Å². The number of aryl methyl sites for hydroxylation is 1. The van der Waals surface area contributed by atoms with Crippen LogP contribution in [0.25, 0.3) is 10.8 Å². The largest absolute Gasteiger partial charge is 0.493 e. The second-order valence-corrected chi connectivity index (χ2v) is 6.69. The van der Waals surface area contributed by atoms with Crippen LogP contribution in [0.2, 0.25) is 0 Å². The van der Waals surface area contributed by atoms with E-state index in [0.29, 0.717) is 35.2 Å². The summed E-state index contributed by atoms with van der Waals surface area (Å²) in [5, 5.41) is 7.42. The topological polar surface area (TPSA) is 109 Å². The van der Waals surface area contributed by atoms with Crippen molar-refractivity contribution in [2.24, 2.45) is 7.05 Å². The third-order valence-electron chi connectivity index (χ3n) is 4.67. The summed E-state index contributed by atoms with van der Waals surface area (Å²) in [6.45, 7) is -0.101. The molecule has 0 aliphatic rings. The summed E-state index contributed by atoms with van der Waals surface area (Å²) in [6.07, 6.45) is 0.563. The molecule has 0 unspecified atom stereocenters. The number of esters is 1. The third-order valence-corrected chi connectivity index (χ3v) is 4.67. The summed E-state index contributed by atoms with van der Waals surface area (Å²) in [6, 6.07) is 12.1. The maximum absolute atomic E-state index is 12.4. The fourth-order valence-electron chi connectivity index (χ4n) is 3.08. The molecule has 0 aliphatic carbocycles. The minimum absolute atomic E-state index is 0.0178. The molecule has 0 saturated heterocycles. The Morgan fingerprint density at radius 3 is 2.45 bits per heavy atom. The molecule has 1 heterocycles. The van der Waals surface area contributed by atoms with Crippen LogP contribution in [0.3, 0.4) is 0 Å². The number of rotatable bonds is 8. The predicted molar refractivity (Wildman–Crippen MR) is 114 cm³/mol. The molecule has 0 bridgehead atoms. The van der Waals surface area contributed by atoms with Crippen molar-refractivity contribution in [3.05, 3.63) is 64.1 Å². The van der Waals surface area contributed by atoms with E-state index < -0.39 is 18.5 Å². The van der Waals surface area contributed by atoms with E-state index >= 15 is 0 Å². The number of aromatic nitrogens is 2. The van der Waals surface area contributed by atoms with E-state index in [1.165, 1.54) is 7.05 Å². The van der Waals surface area contributed by atoms with Crippen LogP contribution in [0.1, 0.15) is 16.1 Å². The number of carbonyl (C=O) groups is 2. The number of methoxy groups -OCH3 is 2. The Hall–Kier alpha value is -3.88. The van der Waals surface area contributed by atoms with Crippen LogP contribution in [0, 0.1) is 0 Å². The minimum Gasteiger partial charge on any atom is -0.493 e. The predicted octanol–water partition coefficient (Wildman–Crippen LogP) is 1.47. The van der Waals surface area contributed by atoms with E-state index in [-0.39, 0.29) is 11.3 Å². The van der Waals surface area contributed by atoms with Gasteiger partial charge in [-0.15, -0.1) is 0 Å². The summed E-state index contributed by atoms with van der Waals surface area (Å²) in [5.41, 5.74) is 0.617. The Balaban J connectivity index is 1.56. The van der Waals surface area contributed by atoms with Gasteiger partial charge < -0.3 is 19.5 Å². The second kappa shape index (κ2) is 9.75. The first kappa shape index (κ1) is 21.8. The van der Waals surface area contributed by atoms with E-state index in [4.69, 9.17) is 14.2 Å². The first-order valence-corrected chi connectivity index (χ1v) is 9.55. The van der Waals surface area contributed by atoms with Gasteiger partial charge in [0.25, 0.3) is 11.5 Å². The first-order valence-electron chi connectivity index (χ1n) is 9.55. The van der Waals surface area contributed by atoms with Crippen LogP contribution < -0.4 is 20.3 Å². The van der Waals surface area contributed by atoms with Gasteiger partial charge in [-0.2, -0.15) is 5.10 Å². The standard InChI is InChI=1S/C22H23N3O6/c1-25-21(27)16-7-5-4-6-15(16)20(24-25)22(28)31-13-19(26)23-11-10-14-8-9-17(29-2)18(12-14)30-3/h4-9,12H,10-11,13H2,1-3H3,(H,23,26). The molecule has 0 spiro atoms. The fourth-order valence-corrected chi connectivity index (χ4v) is 3.08. The molecular weight excluding hydrogens is 402 g/mol. The summed E-state index contributed by atoms with van der Waals surface area (Å²) in [5.74, 6) is 0.0174. The normalized spacial score (nSPS) is 10.5. The smallest absolute Gasteiger partial charge is 0.359 e. The molecule has 9 heteroatoms. The van der Waals surface area contributed by atoms with Gasteiger partial charge in [-0.25, -0.2) is 9.48 Å². The maximum Gasteiger partial charge on any atom is 0.359 e. The van der Waals surface area contributed by atoms with E-state index in [1.807, 2.05) is 12.1 Å². The van der Waals surface area contributed by atoms with Crippen LogP contribution in [0.15, 0.2) is 47.3 Å². The second-order valence-electron chi connectivity index (χ2n) is 6.69. The Bertz CT molecular complexity index is 1170. The van der Waals surface area contributed by atoms with Gasteiger partial charge in [0.2, 0.25) is 0 Å². The Kier molecular flexibility index (Phi) is 6.86. The molecule has 1 N–H and O–H groups in total. The summed E-state index contributed by atoms with van der Waals surface area (Å²) in [4.78, 5) is 36.7.